The Morgan fingerprint density at radius 3 is 2.46 bits per heavy atom. The van der Waals surface area contributed by atoms with Crippen LogP contribution in [0.3, 0.4) is 0 Å². The maximum absolute atomic E-state index is 3.79. The number of rotatable bonds is 1. The lowest BCUT2D eigenvalue weighted by atomic mass is 9.57. The van der Waals surface area contributed by atoms with Gasteiger partial charge in [-0.15, -0.1) is 0 Å². The Kier molecular flexibility index (Phi) is 2.39. The molecule has 2 rings (SSSR count). The largest absolute Gasteiger partial charge is 0.311 e. The molecule has 2 aliphatic rings. The maximum Gasteiger partial charge on any atom is 0.0209 e. The van der Waals surface area contributed by atoms with Crippen molar-refractivity contribution in [1.29, 1.82) is 0 Å². The first kappa shape index (κ1) is 9.51. The van der Waals surface area contributed by atoms with Gasteiger partial charge in [-0.2, -0.15) is 0 Å². The molecule has 0 amide bonds. The summed E-state index contributed by atoms with van der Waals surface area (Å²) in [6, 6.07) is 0. The molecule has 2 fully saturated rings. The molecule has 1 aliphatic carbocycles. The van der Waals surface area contributed by atoms with E-state index in [-0.39, 0.29) is 0 Å². The van der Waals surface area contributed by atoms with Crippen LogP contribution < -0.4 is 5.32 Å². The molecule has 0 aromatic carbocycles. The lowest BCUT2D eigenvalue weighted by molar-refractivity contribution is 0.00463. The van der Waals surface area contributed by atoms with Gasteiger partial charge in [0.15, 0.2) is 0 Å². The molecule has 13 heavy (non-hydrogen) atoms. The third-order valence-electron chi connectivity index (χ3n) is 4.78. The Bertz CT molecular complexity index is 174. The molecule has 2 unspecified atom stereocenters. The van der Waals surface area contributed by atoms with Crippen molar-refractivity contribution >= 4 is 0 Å². The summed E-state index contributed by atoms with van der Waals surface area (Å²) in [5.74, 6) is 0. The van der Waals surface area contributed by atoms with E-state index in [4.69, 9.17) is 0 Å². The van der Waals surface area contributed by atoms with Crippen molar-refractivity contribution in [3.63, 3.8) is 0 Å². The van der Waals surface area contributed by atoms with E-state index in [0.717, 1.165) is 0 Å². The zero-order valence-corrected chi connectivity index (χ0v) is 9.16. The molecule has 2 atom stereocenters. The van der Waals surface area contributed by atoms with Crippen molar-refractivity contribution in [1.82, 2.24) is 5.32 Å². The Morgan fingerprint density at radius 1 is 1.08 bits per heavy atom. The van der Waals surface area contributed by atoms with Crippen LogP contribution in [0.2, 0.25) is 0 Å². The molecule has 1 aliphatic heterocycles. The van der Waals surface area contributed by atoms with Crippen LogP contribution in [-0.4, -0.2) is 12.1 Å². The summed E-state index contributed by atoms with van der Waals surface area (Å²) in [6.07, 6.45) is 10.00. The first-order valence-electron chi connectivity index (χ1n) is 5.97. The molecule has 0 aromatic rings. The molecule has 0 radical (unpaired) electrons. The van der Waals surface area contributed by atoms with Gasteiger partial charge in [0, 0.05) is 5.54 Å². The summed E-state index contributed by atoms with van der Waals surface area (Å²) in [7, 11) is 0. The van der Waals surface area contributed by atoms with Gasteiger partial charge in [0.2, 0.25) is 0 Å². The maximum atomic E-state index is 3.79. The van der Waals surface area contributed by atoms with Gasteiger partial charge in [0.25, 0.3) is 0 Å². The molecule has 0 spiro atoms. The molecular weight excluding hydrogens is 158 g/mol. The second kappa shape index (κ2) is 3.27. The smallest absolute Gasteiger partial charge is 0.0209 e. The molecule has 1 saturated heterocycles. The second-order valence-electron chi connectivity index (χ2n) is 5.20. The van der Waals surface area contributed by atoms with Crippen LogP contribution in [0.1, 0.15) is 58.8 Å². The summed E-state index contributed by atoms with van der Waals surface area (Å²) in [4.78, 5) is 0. The third kappa shape index (κ3) is 1.32. The van der Waals surface area contributed by atoms with Gasteiger partial charge < -0.3 is 5.32 Å². The summed E-state index contributed by atoms with van der Waals surface area (Å²) in [5.41, 5.74) is 1.11. The molecule has 0 aromatic heterocycles. The van der Waals surface area contributed by atoms with Gasteiger partial charge in [-0.1, -0.05) is 19.8 Å². The lowest BCUT2D eigenvalue weighted by Crippen LogP contribution is -2.60. The molecule has 1 heterocycles. The van der Waals surface area contributed by atoms with Crippen LogP contribution in [0.5, 0.6) is 0 Å². The highest BCUT2D eigenvalue weighted by molar-refractivity contribution is 5.05. The first-order chi connectivity index (χ1) is 6.22. The fraction of sp³-hybridized carbons (Fsp3) is 1.00. The van der Waals surface area contributed by atoms with Crippen molar-refractivity contribution in [3.05, 3.63) is 0 Å². The number of hydrogen-bond acceptors (Lipinski definition) is 1. The first-order valence-corrected chi connectivity index (χ1v) is 5.97. The Balaban J connectivity index is 2.23. The van der Waals surface area contributed by atoms with Crippen LogP contribution >= 0.6 is 0 Å². The Labute approximate surface area is 82.3 Å². The van der Waals surface area contributed by atoms with E-state index >= 15 is 0 Å². The Morgan fingerprint density at radius 2 is 1.77 bits per heavy atom. The standard InChI is InChI=1S/C12H23N/c1-3-12-8-5-4-7-11(12,2)13-10-6-9-12/h13H,3-10H2,1-2H3. The minimum atomic E-state index is 0.470. The highest BCUT2D eigenvalue weighted by atomic mass is 15.0. The number of piperidine rings is 1. The lowest BCUT2D eigenvalue weighted by Gasteiger charge is -2.55. The van der Waals surface area contributed by atoms with Gasteiger partial charge in [-0.05, 0) is 51.0 Å². The minimum Gasteiger partial charge on any atom is -0.311 e. The van der Waals surface area contributed by atoms with Gasteiger partial charge >= 0.3 is 0 Å². The van der Waals surface area contributed by atoms with E-state index in [2.05, 4.69) is 19.2 Å². The monoisotopic (exact) mass is 181 g/mol. The fourth-order valence-corrected chi connectivity index (χ4v) is 3.69. The molecule has 1 heteroatoms. The average molecular weight is 181 g/mol. The van der Waals surface area contributed by atoms with Crippen LogP contribution in [0.15, 0.2) is 0 Å². The fourth-order valence-electron chi connectivity index (χ4n) is 3.69. The summed E-state index contributed by atoms with van der Waals surface area (Å²) >= 11 is 0. The van der Waals surface area contributed by atoms with Gasteiger partial charge in [0.1, 0.15) is 0 Å². The highest BCUT2D eigenvalue weighted by Crippen LogP contribution is 2.51. The van der Waals surface area contributed by atoms with Crippen molar-refractivity contribution in [2.24, 2.45) is 5.41 Å². The summed E-state index contributed by atoms with van der Waals surface area (Å²) in [5, 5.41) is 3.79. The third-order valence-corrected chi connectivity index (χ3v) is 4.78. The summed E-state index contributed by atoms with van der Waals surface area (Å²) < 4.78 is 0. The second-order valence-corrected chi connectivity index (χ2v) is 5.20. The van der Waals surface area contributed by atoms with Gasteiger partial charge in [0.05, 0.1) is 0 Å². The molecule has 76 valence electrons. The van der Waals surface area contributed by atoms with Crippen LogP contribution in [0.25, 0.3) is 0 Å². The number of fused-ring (bicyclic) bond motifs is 1. The number of hydrogen-bond donors (Lipinski definition) is 1. The van der Waals surface area contributed by atoms with E-state index in [0.29, 0.717) is 11.0 Å². The van der Waals surface area contributed by atoms with E-state index in [9.17, 15) is 0 Å². The van der Waals surface area contributed by atoms with Crippen LogP contribution in [0, 0.1) is 5.41 Å². The average Bonchev–Trinajstić information content (AvgIpc) is 2.17. The van der Waals surface area contributed by atoms with E-state index in [1.165, 1.54) is 51.5 Å². The van der Waals surface area contributed by atoms with Crippen molar-refractivity contribution in [3.8, 4) is 0 Å². The van der Waals surface area contributed by atoms with E-state index in [1.54, 1.807) is 0 Å². The van der Waals surface area contributed by atoms with Crippen molar-refractivity contribution in [2.75, 3.05) is 6.54 Å². The zero-order chi connectivity index (χ0) is 9.36. The SMILES string of the molecule is CCC12CCCCC1(C)NCCC2. The minimum absolute atomic E-state index is 0.470. The zero-order valence-electron chi connectivity index (χ0n) is 9.16. The highest BCUT2D eigenvalue weighted by Gasteiger charge is 2.49. The summed E-state index contributed by atoms with van der Waals surface area (Å²) in [6.45, 7) is 6.10. The quantitative estimate of drug-likeness (QED) is 0.655. The molecular formula is C12H23N. The molecule has 1 saturated carbocycles. The van der Waals surface area contributed by atoms with Crippen LogP contribution in [-0.2, 0) is 0 Å². The van der Waals surface area contributed by atoms with Crippen molar-refractivity contribution in [2.45, 2.75) is 64.3 Å². The predicted octanol–water partition coefficient (Wildman–Crippen LogP) is 3.10. The van der Waals surface area contributed by atoms with Crippen molar-refractivity contribution < 1.29 is 0 Å². The molecule has 1 N–H and O–H groups in total. The van der Waals surface area contributed by atoms with E-state index < -0.39 is 0 Å². The van der Waals surface area contributed by atoms with Crippen LogP contribution in [0.4, 0.5) is 0 Å². The van der Waals surface area contributed by atoms with Gasteiger partial charge in [-0.3, -0.25) is 0 Å². The topological polar surface area (TPSA) is 12.0 Å². The molecule has 0 bridgehead atoms. The van der Waals surface area contributed by atoms with E-state index in [1.807, 2.05) is 0 Å². The van der Waals surface area contributed by atoms with Gasteiger partial charge in [-0.25, -0.2) is 0 Å². The molecule has 1 nitrogen and oxygen atoms in total. The predicted molar refractivity (Wildman–Crippen MR) is 56.8 cm³/mol. The number of nitrogens with one attached hydrogen (secondary N) is 1. The Hall–Kier alpha value is -0.0400. The normalized spacial score (nSPS) is 45.7.